The van der Waals surface area contributed by atoms with Crippen LogP contribution in [0.15, 0.2) is 36.7 Å². The number of nitrogens with one attached hydrogen (secondary N) is 2. The fourth-order valence-electron chi connectivity index (χ4n) is 3.81. The summed E-state index contributed by atoms with van der Waals surface area (Å²) in [5.41, 5.74) is 4.31. The zero-order valence-corrected chi connectivity index (χ0v) is 19.5. The molecule has 1 aromatic carbocycles. The van der Waals surface area contributed by atoms with Crippen molar-refractivity contribution in [2.75, 3.05) is 11.9 Å². The van der Waals surface area contributed by atoms with E-state index in [9.17, 15) is 9.59 Å². The van der Waals surface area contributed by atoms with Gasteiger partial charge in [0.1, 0.15) is 10.8 Å². The molecule has 0 fully saturated rings. The fourth-order valence-corrected chi connectivity index (χ4v) is 5.22. The van der Waals surface area contributed by atoms with Crippen LogP contribution in [0.1, 0.15) is 43.9 Å². The van der Waals surface area contributed by atoms with E-state index in [2.05, 4.69) is 15.6 Å². The Hall–Kier alpha value is -2.90. The molecule has 166 valence electrons. The van der Waals surface area contributed by atoms with Crippen LogP contribution in [0.2, 0.25) is 5.02 Å². The Morgan fingerprint density at radius 3 is 2.72 bits per heavy atom. The SMILES string of the molecule is Cc1cc(OCC(=O)Nc2sc3c(c2C(=O)NCc2cccnc2)CCC3)cc(C)c1Cl. The molecule has 1 aliphatic carbocycles. The molecule has 0 saturated heterocycles. The molecule has 2 N–H and O–H groups in total. The number of nitrogens with zero attached hydrogens (tertiary/aromatic N) is 1. The molecule has 2 heterocycles. The van der Waals surface area contributed by atoms with Gasteiger partial charge < -0.3 is 15.4 Å². The Balaban J connectivity index is 1.44. The van der Waals surface area contributed by atoms with Crippen molar-refractivity contribution in [3.05, 3.63) is 74.4 Å². The van der Waals surface area contributed by atoms with Crippen molar-refractivity contribution in [2.24, 2.45) is 0 Å². The van der Waals surface area contributed by atoms with Crippen LogP contribution in [-0.2, 0) is 24.2 Å². The van der Waals surface area contributed by atoms with Crippen LogP contribution in [-0.4, -0.2) is 23.4 Å². The molecular formula is C24H24ClN3O3S. The smallest absolute Gasteiger partial charge is 0.262 e. The number of carbonyl (C=O) groups is 2. The van der Waals surface area contributed by atoms with Crippen molar-refractivity contribution in [2.45, 2.75) is 39.7 Å². The van der Waals surface area contributed by atoms with Gasteiger partial charge in [0.2, 0.25) is 0 Å². The lowest BCUT2D eigenvalue weighted by Crippen LogP contribution is -2.26. The Morgan fingerprint density at radius 2 is 2.00 bits per heavy atom. The molecule has 8 heteroatoms. The number of amides is 2. The van der Waals surface area contributed by atoms with Crippen molar-refractivity contribution >= 4 is 39.8 Å². The molecule has 0 spiro atoms. The second-order valence-electron chi connectivity index (χ2n) is 7.81. The molecule has 2 amide bonds. The first kappa shape index (κ1) is 22.3. The molecule has 0 atom stereocenters. The fraction of sp³-hybridized carbons (Fsp3) is 0.292. The minimum absolute atomic E-state index is 0.153. The maximum absolute atomic E-state index is 13.0. The van der Waals surface area contributed by atoms with Gasteiger partial charge in [-0.25, -0.2) is 0 Å². The molecule has 0 bridgehead atoms. The van der Waals surface area contributed by atoms with Gasteiger partial charge in [-0.1, -0.05) is 17.7 Å². The third-order valence-corrected chi connectivity index (χ3v) is 7.16. The van der Waals surface area contributed by atoms with Crippen LogP contribution in [0.5, 0.6) is 5.75 Å². The summed E-state index contributed by atoms with van der Waals surface area (Å²) in [6, 6.07) is 7.35. The molecule has 3 aromatic rings. The number of thiophene rings is 1. The average Bonchev–Trinajstić information content (AvgIpc) is 3.36. The van der Waals surface area contributed by atoms with E-state index in [0.717, 1.165) is 46.4 Å². The molecule has 0 unspecified atom stereocenters. The van der Waals surface area contributed by atoms with E-state index in [1.54, 1.807) is 24.5 Å². The van der Waals surface area contributed by atoms with Gasteiger partial charge in [-0.3, -0.25) is 14.6 Å². The van der Waals surface area contributed by atoms with Gasteiger partial charge >= 0.3 is 0 Å². The van der Waals surface area contributed by atoms with Gasteiger partial charge in [-0.15, -0.1) is 11.3 Å². The number of aryl methyl sites for hydroxylation is 3. The first-order chi connectivity index (χ1) is 15.4. The molecule has 4 rings (SSSR count). The number of rotatable bonds is 7. The summed E-state index contributed by atoms with van der Waals surface area (Å²) in [4.78, 5) is 30.9. The number of ether oxygens (including phenoxy) is 1. The average molecular weight is 470 g/mol. The van der Waals surface area contributed by atoms with Gasteiger partial charge in [0.25, 0.3) is 11.8 Å². The summed E-state index contributed by atoms with van der Waals surface area (Å²) in [6.07, 6.45) is 6.21. The molecule has 0 radical (unpaired) electrons. The van der Waals surface area contributed by atoms with Gasteiger partial charge in [-0.05, 0) is 73.6 Å². The first-order valence-corrected chi connectivity index (χ1v) is 11.6. The number of aromatic nitrogens is 1. The van der Waals surface area contributed by atoms with Gasteiger partial charge in [-0.2, -0.15) is 0 Å². The maximum atomic E-state index is 13.0. The van der Waals surface area contributed by atoms with Crippen molar-refractivity contribution in [1.82, 2.24) is 10.3 Å². The Bertz CT molecular complexity index is 1140. The van der Waals surface area contributed by atoms with Gasteiger partial charge in [0, 0.05) is 28.8 Å². The molecule has 2 aromatic heterocycles. The number of hydrogen-bond acceptors (Lipinski definition) is 5. The monoisotopic (exact) mass is 469 g/mol. The number of benzene rings is 1. The summed E-state index contributed by atoms with van der Waals surface area (Å²) in [5.74, 6) is 0.0903. The maximum Gasteiger partial charge on any atom is 0.262 e. The molecule has 6 nitrogen and oxygen atoms in total. The van der Waals surface area contributed by atoms with E-state index < -0.39 is 0 Å². The minimum atomic E-state index is -0.309. The highest BCUT2D eigenvalue weighted by molar-refractivity contribution is 7.17. The summed E-state index contributed by atoms with van der Waals surface area (Å²) >= 11 is 7.67. The highest BCUT2D eigenvalue weighted by atomic mass is 35.5. The standard InChI is InChI=1S/C24H24ClN3O3S/c1-14-9-17(10-15(2)22(14)25)31-13-20(29)28-24-21(18-6-3-7-19(18)32-24)23(30)27-12-16-5-4-8-26-11-16/h4-5,8-11H,3,6-7,12-13H2,1-2H3,(H,27,30)(H,28,29). The van der Waals surface area contributed by atoms with Crippen molar-refractivity contribution in [3.8, 4) is 5.75 Å². The Labute approximate surface area is 196 Å². The van der Waals surface area contributed by atoms with Crippen LogP contribution in [0, 0.1) is 13.8 Å². The van der Waals surface area contributed by atoms with Crippen molar-refractivity contribution in [1.29, 1.82) is 0 Å². The quantitative estimate of drug-likeness (QED) is 0.518. The summed E-state index contributed by atoms with van der Waals surface area (Å²) < 4.78 is 5.67. The molecule has 0 saturated carbocycles. The topological polar surface area (TPSA) is 80.3 Å². The van der Waals surface area contributed by atoms with E-state index in [1.165, 1.54) is 11.3 Å². The number of carbonyl (C=O) groups excluding carboxylic acids is 2. The second kappa shape index (κ2) is 9.71. The van der Waals surface area contributed by atoms with E-state index in [0.29, 0.717) is 27.9 Å². The second-order valence-corrected chi connectivity index (χ2v) is 9.30. The lowest BCUT2D eigenvalue weighted by molar-refractivity contribution is -0.118. The highest BCUT2D eigenvalue weighted by Gasteiger charge is 2.27. The van der Waals surface area contributed by atoms with E-state index >= 15 is 0 Å². The zero-order chi connectivity index (χ0) is 22.7. The number of halogens is 1. The molecule has 1 aliphatic rings. The third-order valence-electron chi connectivity index (χ3n) is 5.36. The third kappa shape index (κ3) is 4.95. The molecular weight excluding hydrogens is 446 g/mol. The number of hydrogen-bond donors (Lipinski definition) is 2. The van der Waals surface area contributed by atoms with E-state index in [-0.39, 0.29) is 18.4 Å². The van der Waals surface area contributed by atoms with Crippen LogP contribution < -0.4 is 15.4 Å². The van der Waals surface area contributed by atoms with E-state index in [4.69, 9.17) is 16.3 Å². The van der Waals surface area contributed by atoms with Gasteiger partial charge in [0.15, 0.2) is 6.61 Å². The lowest BCUT2D eigenvalue weighted by atomic mass is 10.1. The van der Waals surface area contributed by atoms with E-state index in [1.807, 2.05) is 26.0 Å². The summed E-state index contributed by atoms with van der Waals surface area (Å²) in [7, 11) is 0. The Morgan fingerprint density at radius 1 is 1.22 bits per heavy atom. The van der Waals surface area contributed by atoms with Crippen molar-refractivity contribution < 1.29 is 14.3 Å². The zero-order valence-electron chi connectivity index (χ0n) is 18.0. The normalized spacial score (nSPS) is 12.3. The highest BCUT2D eigenvalue weighted by Crippen LogP contribution is 2.39. The number of pyridine rings is 1. The first-order valence-electron chi connectivity index (χ1n) is 10.4. The predicted octanol–water partition coefficient (Wildman–Crippen LogP) is 4.85. The largest absolute Gasteiger partial charge is 0.484 e. The Kier molecular flexibility index (Phi) is 6.77. The van der Waals surface area contributed by atoms with Gasteiger partial charge in [0.05, 0.1) is 5.56 Å². The molecule has 32 heavy (non-hydrogen) atoms. The lowest BCUT2D eigenvalue weighted by Gasteiger charge is -2.11. The molecule has 0 aliphatic heterocycles. The minimum Gasteiger partial charge on any atom is -0.484 e. The van der Waals surface area contributed by atoms with Crippen molar-refractivity contribution in [3.63, 3.8) is 0 Å². The summed E-state index contributed by atoms with van der Waals surface area (Å²) in [6.45, 7) is 4.01. The van der Waals surface area contributed by atoms with Crippen LogP contribution in [0.3, 0.4) is 0 Å². The number of fused-ring (bicyclic) bond motifs is 1. The summed E-state index contributed by atoms with van der Waals surface area (Å²) in [5, 5.41) is 7.11. The van der Waals surface area contributed by atoms with Crippen LogP contribution in [0.25, 0.3) is 0 Å². The number of anilines is 1. The van der Waals surface area contributed by atoms with Crippen LogP contribution >= 0.6 is 22.9 Å². The predicted molar refractivity (Wildman–Crippen MR) is 127 cm³/mol. The van der Waals surface area contributed by atoms with Crippen LogP contribution in [0.4, 0.5) is 5.00 Å².